The first-order valence-corrected chi connectivity index (χ1v) is 12.3. The molecule has 0 bridgehead atoms. The lowest BCUT2D eigenvalue weighted by Crippen LogP contribution is -2.04. The molecule has 0 aliphatic heterocycles. The number of nitrogens with zero attached hydrogens (tertiary/aromatic N) is 3. The van der Waals surface area contributed by atoms with Crippen molar-refractivity contribution in [2.45, 2.75) is 27.7 Å². The van der Waals surface area contributed by atoms with Crippen LogP contribution in [0.2, 0.25) is 0 Å². The molecule has 2 heterocycles. The Kier molecular flexibility index (Phi) is 10.5. The van der Waals surface area contributed by atoms with E-state index in [2.05, 4.69) is 10.1 Å². The molecule has 4 rings (SSSR count). The number of aromatic nitrogens is 3. The Morgan fingerprint density at radius 1 is 0.789 bits per heavy atom. The van der Waals surface area contributed by atoms with Crippen molar-refractivity contribution in [3.8, 4) is 28.4 Å². The molecule has 0 N–H and O–H groups in total. The van der Waals surface area contributed by atoms with Crippen molar-refractivity contribution in [3.63, 3.8) is 0 Å². The van der Waals surface area contributed by atoms with Gasteiger partial charge in [-0.3, -0.25) is 0 Å². The van der Waals surface area contributed by atoms with Gasteiger partial charge in [0, 0.05) is 23.5 Å². The van der Waals surface area contributed by atoms with E-state index in [4.69, 9.17) is 23.5 Å². The number of carbonyl (C=O) groups is 2. The van der Waals surface area contributed by atoms with Crippen LogP contribution in [0.1, 0.15) is 48.7 Å². The summed E-state index contributed by atoms with van der Waals surface area (Å²) in [6.07, 6.45) is 3.23. The third-order valence-corrected chi connectivity index (χ3v) is 4.96. The topological polar surface area (TPSA) is 115 Å². The van der Waals surface area contributed by atoms with Gasteiger partial charge in [0.1, 0.15) is 23.5 Å². The third kappa shape index (κ3) is 7.70. The molecule has 38 heavy (non-hydrogen) atoms. The largest absolute Gasteiger partial charge is 0.494 e. The van der Waals surface area contributed by atoms with Gasteiger partial charge in [-0.25, -0.2) is 14.6 Å². The fourth-order valence-corrected chi connectivity index (χ4v) is 3.25. The van der Waals surface area contributed by atoms with E-state index in [-0.39, 0.29) is 5.76 Å². The number of hydrogen-bond acceptors (Lipinski definition) is 9. The molecule has 0 aliphatic carbocycles. The van der Waals surface area contributed by atoms with Crippen LogP contribution in [0.5, 0.6) is 11.5 Å². The quantitative estimate of drug-likeness (QED) is 0.254. The summed E-state index contributed by atoms with van der Waals surface area (Å²) in [5.41, 5.74) is 2.65. The monoisotopic (exact) mass is 521 g/mol. The lowest BCUT2D eigenvalue weighted by atomic mass is 10.1. The van der Waals surface area contributed by atoms with Crippen molar-refractivity contribution in [1.29, 1.82) is 0 Å². The summed E-state index contributed by atoms with van der Waals surface area (Å²) in [5, 5.41) is 3.85. The highest BCUT2D eigenvalue weighted by molar-refractivity contribution is 5.87. The molecule has 10 heteroatoms. The van der Waals surface area contributed by atoms with Gasteiger partial charge >= 0.3 is 11.9 Å². The van der Waals surface area contributed by atoms with E-state index < -0.39 is 11.9 Å². The highest BCUT2D eigenvalue weighted by Crippen LogP contribution is 2.22. The van der Waals surface area contributed by atoms with Gasteiger partial charge in [0.05, 0.1) is 26.4 Å². The van der Waals surface area contributed by atoms with Crippen LogP contribution in [-0.2, 0) is 9.47 Å². The van der Waals surface area contributed by atoms with Crippen LogP contribution in [0.4, 0.5) is 0 Å². The van der Waals surface area contributed by atoms with E-state index in [0.717, 1.165) is 22.7 Å². The summed E-state index contributed by atoms with van der Waals surface area (Å²) in [6, 6.07) is 16.5. The predicted octanol–water partition coefficient (Wildman–Crippen LogP) is 5.36. The van der Waals surface area contributed by atoms with Crippen LogP contribution in [-0.4, -0.2) is 53.1 Å². The molecular formula is C28H31N3O7. The Morgan fingerprint density at radius 2 is 1.37 bits per heavy atom. The molecular weight excluding hydrogens is 490 g/mol. The number of hydrogen-bond donors (Lipinski definition) is 0. The van der Waals surface area contributed by atoms with Gasteiger partial charge < -0.3 is 28.0 Å². The molecule has 0 atom stereocenters. The summed E-state index contributed by atoms with van der Waals surface area (Å²) < 4.78 is 27.2. The number of rotatable bonds is 10. The average molecular weight is 522 g/mol. The second-order valence-corrected chi connectivity index (χ2v) is 7.57. The van der Waals surface area contributed by atoms with Crippen molar-refractivity contribution in [3.05, 3.63) is 78.6 Å². The van der Waals surface area contributed by atoms with E-state index in [0.29, 0.717) is 37.8 Å². The minimum Gasteiger partial charge on any atom is -0.494 e. The molecule has 0 unspecified atom stereocenters. The van der Waals surface area contributed by atoms with Crippen LogP contribution >= 0.6 is 0 Å². The van der Waals surface area contributed by atoms with Gasteiger partial charge in [-0.2, -0.15) is 0 Å². The predicted molar refractivity (Wildman–Crippen MR) is 140 cm³/mol. The van der Waals surface area contributed by atoms with Gasteiger partial charge in [-0.15, -0.1) is 0 Å². The SMILES string of the molecule is CCOC(=O)c1cc(-c2ccc(OCC)cc2)no1.CCOC(=O)c1cn(-c2ccc(OCC)cc2)cn1. The van der Waals surface area contributed by atoms with Crippen LogP contribution in [0.3, 0.4) is 0 Å². The molecule has 0 radical (unpaired) electrons. The maximum atomic E-state index is 11.5. The number of ether oxygens (including phenoxy) is 4. The zero-order valence-corrected chi connectivity index (χ0v) is 21.9. The zero-order chi connectivity index (χ0) is 27.3. The number of esters is 2. The molecule has 0 saturated heterocycles. The second-order valence-electron chi connectivity index (χ2n) is 7.57. The second kappa shape index (κ2) is 14.2. The fourth-order valence-electron chi connectivity index (χ4n) is 3.25. The Labute approximate surface area is 221 Å². The molecule has 2 aromatic carbocycles. The molecule has 0 amide bonds. The molecule has 2 aromatic heterocycles. The summed E-state index contributed by atoms with van der Waals surface area (Å²) >= 11 is 0. The Bertz CT molecular complexity index is 1190. The number of carbonyl (C=O) groups excluding carboxylic acids is 2. The van der Waals surface area contributed by atoms with Gasteiger partial charge in [-0.05, 0) is 76.2 Å². The highest BCUT2D eigenvalue weighted by atomic mass is 16.6. The Hall–Kier alpha value is -4.60. The average Bonchev–Trinajstić information content (AvgIpc) is 3.62. The molecule has 0 fully saturated rings. The number of benzene rings is 2. The normalized spacial score (nSPS) is 10.2. The van der Waals surface area contributed by atoms with E-state index in [1.54, 1.807) is 37.0 Å². The third-order valence-electron chi connectivity index (χ3n) is 4.96. The van der Waals surface area contributed by atoms with E-state index in [1.807, 2.05) is 62.4 Å². The number of imidazole rings is 1. The van der Waals surface area contributed by atoms with Gasteiger partial charge in [0.25, 0.3) is 0 Å². The molecule has 0 saturated carbocycles. The first-order valence-electron chi connectivity index (χ1n) is 12.3. The summed E-state index contributed by atoms with van der Waals surface area (Å²) in [6.45, 7) is 9.27. The summed E-state index contributed by atoms with van der Waals surface area (Å²) in [5.74, 6) is 0.794. The maximum absolute atomic E-state index is 11.5. The lowest BCUT2D eigenvalue weighted by molar-refractivity contribution is 0.0478. The van der Waals surface area contributed by atoms with Crippen molar-refractivity contribution in [2.24, 2.45) is 0 Å². The van der Waals surface area contributed by atoms with E-state index in [9.17, 15) is 9.59 Å². The first kappa shape index (κ1) is 28.0. The van der Waals surface area contributed by atoms with Crippen molar-refractivity contribution >= 4 is 11.9 Å². The highest BCUT2D eigenvalue weighted by Gasteiger charge is 2.15. The first-order chi connectivity index (χ1) is 18.5. The van der Waals surface area contributed by atoms with E-state index in [1.165, 1.54) is 0 Å². The van der Waals surface area contributed by atoms with Crippen LogP contribution in [0.15, 0.2) is 71.6 Å². The molecule has 10 nitrogen and oxygen atoms in total. The van der Waals surface area contributed by atoms with Crippen molar-refractivity contribution in [1.82, 2.24) is 14.7 Å². The molecule has 200 valence electrons. The van der Waals surface area contributed by atoms with Crippen molar-refractivity contribution in [2.75, 3.05) is 26.4 Å². The maximum Gasteiger partial charge on any atom is 0.377 e. The van der Waals surface area contributed by atoms with Gasteiger partial charge in [0.15, 0.2) is 5.69 Å². The Balaban J connectivity index is 0.000000211. The summed E-state index contributed by atoms with van der Waals surface area (Å²) in [7, 11) is 0. The zero-order valence-electron chi connectivity index (χ0n) is 21.9. The van der Waals surface area contributed by atoms with Gasteiger partial charge in [0.2, 0.25) is 5.76 Å². The lowest BCUT2D eigenvalue weighted by Gasteiger charge is -2.05. The summed E-state index contributed by atoms with van der Waals surface area (Å²) in [4.78, 5) is 27.0. The fraction of sp³-hybridized carbons (Fsp3) is 0.286. The standard InChI is InChI=1S/C14H16N2O3.C14H15NO4/c1-3-18-12-7-5-11(6-8-12)16-9-13(15-10-16)14(17)19-4-2;1-3-17-11-7-5-10(6-8-11)12-9-13(19-15-12)14(16)18-4-2/h5-10H,3-4H2,1-2H3;5-9H,3-4H2,1-2H3. The minimum absolute atomic E-state index is 0.103. The molecule has 4 aromatic rings. The minimum atomic E-state index is -0.507. The van der Waals surface area contributed by atoms with Crippen LogP contribution in [0, 0.1) is 0 Å². The van der Waals surface area contributed by atoms with E-state index >= 15 is 0 Å². The Morgan fingerprint density at radius 3 is 1.95 bits per heavy atom. The molecule has 0 aliphatic rings. The van der Waals surface area contributed by atoms with Crippen LogP contribution < -0.4 is 9.47 Å². The molecule has 0 spiro atoms. The van der Waals surface area contributed by atoms with Crippen molar-refractivity contribution < 1.29 is 33.1 Å². The van der Waals surface area contributed by atoms with Gasteiger partial charge in [-0.1, -0.05) is 5.16 Å². The smallest absolute Gasteiger partial charge is 0.377 e. The van der Waals surface area contributed by atoms with Crippen LogP contribution in [0.25, 0.3) is 16.9 Å².